The number of aromatic nitrogens is 2. The zero-order valence-electron chi connectivity index (χ0n) is 48.9. The lowest BCUT2D eigenvalue weighted by Gasteiger charge is -2.37. The minimum Gasteiger partial charge on any atom is -0.481 e. The van der Waals surface area contributed by atoms with E-state index in [2.05, 4.69) is 41.9 Å². The molecule has 1 aliphatic carbocycles. The van der Waals surface area contributed by atoms with Gasteiger partial charge in [-0.15, -0.1) is 0 Å². The Morgan fingerprint density at radius 1 is 0.854 bits per heavy atom. The molecule has 3 aliphatic heterocycles. The van der Waals surface area contributed by atoms with Crippen LogP contribution in [-0.2, 0) is 67.0 Å². The number of hydrogen-bond acceptors (Lipinski definition) is 15. The summed E-state index contributed by atoms with van der Waals surface area (Å²) < 4.78 is 42.7. The standard InChI is InChI=1S/C61H67N11O15S2/c1-5-23-62-58(82)64-39-14-10-16-41(27-39)89(84,85)70-40-15-9-13-35(26-40)45(29-49(73)74)67-59(83)63-37-19-21-38(22-20-37)65-60(88)68-46(30-50(75)76)55(79)71-24-11-18-47(71)53(77)69-51(33(3)4)56(80)87-61(6-2)43-28-48-52-36(25-34-12-7-8-17-44(34)66-52)31-72(48)54(78)42(43)32-86-57(61)81/h7-10,12-15,17,19-22,25-28,33,41,45-47,51,70H,5-6,11,16,18,23-24,29-32H2,1-4H3,(H,69,77)(H,73,74)(H,75,76)(H2,62,64,82)(H2,63,67,83)(H2,65,68,88)/t41?,45?,46-,47-,51-,61-/m0/s1. The lowest BCUT2D eigenvalue weighted by molar-refractivity contribution is -0.191. The van der Waals surface area contributed by atoms with Crippen LogP contribution in [0.25, 0.3) is 22.3 Å². The molecule has 2 aromatic heterocycles. The summed E-state index contributed by atoms with van der Waals surface area (Å²) in [6.45, 7) is 7.14. The van der Waals surface area contributed by atoms with E-state index in [9.17, 15) is 61.8 Å². The Hall–Kier alpha value is -9.70. The number of ether oxygens (including phenoxy) is 2. The molecule has 1 saturated heterocycles. The van der Waals surface area contributed by atoms with E-state index in [-0.39, 0.29) is 72.1 Å². The van der Waals surface area contributed by atoms with E-state index in [1.54, 1.807) is 43.6 Å². The van der Waals surface area contributed by atoms with Gasteiger partial charge < -0.3 is 66.4 Å². The van der Waals surface area contributed by atoms with Crippen LogP contribution in [-0.4, -0.2) is 122 Å². The number of carboxylic acids is 2. The van der Waals surface area contributed by atoms with Crippen molar-refractivity contribution in [3.63, 3.8) is 0 Å². The van der Waals surface area contributed by atoms with Gasteiger partial charge in [0.1, 0.15) is 30.0 Å². The number of esters is 2. The summed E-state index contributed by atoms with van der Waals surface area (Å²) in [5, 5.41) is 38.2. The zero-order valence-corrected chi connectivity index (χ0v) is 50.6. The van der Waals surface area contributed by atoms with E-state index < -0.39 is 117 Å². The number of rotatable bonds is 22. The summed E-state index contributed by atoms with van der Waals surface area (Å²) in [5.74, 6) is -6.69. The molecule has 3 aromatic carbocycles. The van der Waals surface area contributed by atoms with Crippen molar-refractivity contribution in [3.05, 3.63) is 141 Å². The molecule has 468 valence electrons. The van der Waals surface area contributed by atoms with Crippen LogP contribution in [0.5, 0.6) is 0 Å². The van der Waals surface area contributed by atoms with Crippen molar-refractivity contribution < 1.29 is 66.5 Å². The van der Waals surface area contributed by atoms with Crippen molar-refractivity contribution in [3.8, 4) is 11.4 Å². The maximum atomic E-state index is 14.4. The number of nitrogens with zero attached hydrogens (tertiary/aromatic N) is 3. The maximum Gasteiger partial charge on any atom is 0.355 e. The second-order valence-electron chi connectivity index (χ2n) is 22.1. The fourth-order valence-corrected chi connectivity index (χ4v) is 12.6. The predicted molar refractivity (Wildman–Crippen MR) is 330 cm³/mol. The number of hydrogen-bond donors (Lipinski definition) is 10. The predicted octanol–water partition coefficient (Wildman–Crippen LogP) is 5.59. The first-order chi connectivity index (χ1) is 42.5. The quantitative estimate of drug-likeness (QED) is 0.0292. The summed E-state index contributed by atoms with van der Waals surface area (Å²) in [5.41, 5.74) is 1.45. The SMILES string of the molecule is CCCNC(=O)NC1=CC(S(=O)(=O)Nc2cccc(C(CC(=O)O)NC(=O)Nc3ccc(NC(=S)N[C@@H](CC(=O)O)C(=O)N4CCC[C@H]4C(=O)N[C@H](C(=O)O[C@]4(CC)C(=O)OCc5c4cc4n(c5=O)Cc5cc6ccccc6nc5-4)C(C)C)cc3)c2)CC=C1. The van der Waals surface area contributed by atoms with Gasteiger partial charge in [-0.3, -0.25) is 28.7 Å². The third-order valence-electron chi connectivity index (χ3n) is 15.6. The van der Waals surface area contributed by atoms with Crippen molar-refractivity contribution >= 4 is 103 Å². The number of anilines is 3. The molecule has 10 N–H and O–H groups in total. The molecule has 89 heavy (non-hydrogen) atoms. The number of benzene rings is 3. The molecule has 5 heterocycles. The largest absolute Gasteiger partial charge is 0.481 e. The first-order valence-corrected chi connectivity index (χ1v) is 30.8. The fraction of sp³-hybridized carbons (Fsp3) is 0.361. The summed E-state index contributed by atoms with van der Waals surface area (Å²) in [4.78, 5) is 127. The second kappa shape index (κ2) is 27.1. The number of carboxylic acid groups (broad SMARTS) is 2. The van der Waals surface area contributed by atoms with Crippen LogP contribution in [0.15, 0.2) is 114 Å². The molecule has 2 unspecified atom stereocenters. The normalized spacial score (nSPS) is 18.3. The van der Waals surface area contributed by atoms with Crippen LogP contribution < -0.4 is 47.5 Å². The monoisotopic (exact) mass is 1260 g/mol. The van der Waals surface area contributed by atoms with Crippen molar-refractivity contribution in [2.24, 2.45) is 5.92 Å². The van der Waals surface area contributed by atoms with Gasteiger partial charge in [0.05, 0.1) is 47.9 Å². The van der Waals surface area contributed by atoms with Crippen LogP contribution in [0.4, 0.5) is 26.7 Å². The summed E-state index contributed by atoms with van der Waals surface area (Å²) in [7, 11) is -4.08. The number of nitrogens with one attached hydrogen (secondary N) is 8. The van der Waals surface area contributed by atoms with Gasteiger partial charge in [0, 0.05) is 52.4 Å². The number of para-hydroxylation sites is 1. The fourth-order valence-electron chi connectivity index (χ4n) is 11.1. The third-order valence-corrected chi connectivity index (χ3v) is 17.4. The van der Waals surface area contributed by atoms with Crippen molar-refractivity contribution in [2.45, 2.75) is 121 Å². The van der Waals surface area contributed by atoms with Crippen molar-refractivity contribution in [1.82, 2.24) is 41.0 Å². The van der Waals surface area contributed by atoms with E-state index >= 15 is 0 Å². The van der Waals surface area contributed by atoms with Crippen molar-refractivity contribution in [1.29, 1.82) is 0 Å². The average Bonchev–Trinajstić information content (AvgIpc) is 1.72. The number of thiocarbonyl (C=S) groups is 1. The van der Waals surface area contributed by atoms with E-state index in [4.69, 9.17) is 26.7 Å². The summed E-state index contributed by atoms with van der Waals surface area (Å²) in [6.07, 6.45) is 4.46. The highest BCUT2D eigenvalue weighted by molar-refractivity contribution is 7.93. The molecule has 0 spiro atoms. The van der Waals surface area contributed by atoms with Gasteiger partial charge in [-0.05, 0) is 123 Å². The average molecular weight is 1260 g/mol. The summed E-state index contributed by atoms with van der Waals surface area (Å²) >= 11 is 5.51. The molecular formula is C61H67N11O15S2. The first kappa shape index (κ1) is 63.8. The van der Waals surface area contributed by atoms with E-state index in [1.165, 1.54) is 59.5 Å². The number of allylic oxidation sites excluding steroid dienone is 2. The van der Waals surface area contributed by atoms with Gasteiger partial charge in [0.2, 0.25) is 27.4 Å². The first-order valence-electron chi connectivity index (χ1n) is 28.9. The number of amides is 6. The third kappa shape index (κ3) is 14.5. The van der Waals surface area contributed by atoms with Gasteiger partial charge in [0.25, 0.3) is 5.56 Å². The van der Waals surface area contributed by atoms with Crippen LogP contribution in [0.2, 0.25) is 0 Å². The second-order valence-corrected chi connectivity index (χ2v) is 24.4. The number of sulfonamides is 1. The van der Waals surface area contributed by atoms with Gasteiger partial charge in [-0.2, -0.15) is 0 Å². The number of carbonyl (C=O) groups excluding carboxylic acids is 6. The summed E-state index contributed by atoms with van der Waals surface area (Å²) in [6, 6.07) is 16.5. The lowest BCUT2D eigenvalue weighted by Crippen LogP contribution is -2.57. The van der Waals surface area contributed by atoms with E-state index in [0.29, 0.717) is 47.7 Å². The van der Waals surface area contributed by atoms with Crippen LogP contribution in [0.3, 0.4) is 0 Å². The molecule has 28 heteroatoms. The Kier molecular flexibility index (Phi) is 19.5. The zero-order chi connectivity index (χ0) is 63.9. The highest BCUT2D eigenvalue weighted by Gasteiger charge is 2.52. The number of likely N-dealkylation sites (tertiary alicyclic amines) is 1. The molecule has 6 amide bonds. The molecule has 9 rings (SSSR count). The van der Waals surface area contributed by atoms with Crippen LogP contribution in [0.1, 0.15) is 101 Å². The number of aliphatic carboxylic acids is 2. The molecule has 6 atom stereocenters. The number of cyclic esters (lactones) is 1. The number of fused-ring (bicyclic) bond motifs is 5. The smallest absolute Gasteiger partial charge is 0.355 e. The van der Waals surface area contributed by atoms with Gasteiger partial charge in [0.15, 0.2) is 5.11 Å². The highest BCUT2D eigenvalue weighted by atomic mass is 32.2. The number of pyridine rings is 2. The molecule has 0 bridgehead atoms. The molecule has 26 nitrogen and oxygen atoms in total. The molecular weight excluding hydrogens is 1190 g/mol. The van der Waals surface area contributed by atoms with Gasteiger partial charge in [-0.1, -0.05) is 64.1 Å². The maximum absolute atomic E-state index is 14.4. The number of carbonyl (C=O) groups is 8. The Bertz CT molecular complexity index is 3910. The highest BCUT2D eigenvalue weighted by Crippen LogP contribution is 2.41. The topological polar surface area (TPSA) is 364 Å². The molecule has 0 saturated carbocycles. The molecule has 1 fully saturated rings. The van der Waals surface area contributed by atoms with Crippen LogP contribution in [0, 0.1) is 5.92 Å². The lowest BCUT2D eigenvalue weighted by atomic mass is 9.85. The van der Waals surface area contributed by atoms with E-state index in [0.717, 1.165) is 10.9 Å². The number of urea groups is 2. The minimum absolute atomic E-state index is 0.0484. The molecule has 0 radical (unpaired) electrons. The minimum atomic E-state index is -4.08. The van der Waals surface area contributed by atoms with Gasteiger partial charge in [-0.25, -0.2) is 32.6 Å². The Balaban J connectivity index is 0.810. The van der Waals surface area contributed by atoms with E-state index in [1.807, 2.05) is 37.3 Å². The Labute approximate surface area is 516 Å². The molecule has 4 aliphatic rings. The Morgan fingerprint density at radius 2 is 1.58 bits per heavy atom. The molecule has 5 aromatic rings. The van der Waals surface area contributed by atoms with Crippen LogP contribution >= 0.6 is 12.2 Å². The Morgan fingerprint density at radius 3 is 2.29 bits per heavy atom. The van der Waals surface area contributed by atoms with Gasteiger partial charge >= 0.3 is 35.9 Å². The van der Waals surface area contributed by atoms with Crippen molar-refractivity contribution in [2.75, 3.05) is 28.4 Å².